The summed E-state index contributed by atoms with van der Waals surface area (Å²) in [7, 11) is 0. The van der Waals surface area contributed by atoms with Gasteiger partial charge in [-0.15, -0.1) is 0 Å². The van der Waals surface area contributed by atoms with Crippen LogP contribution in [0.2, 0.25) is 0 Å². The van der Waals surface area contributed by atoms with E-state index in [1.165, 1.54) is 12.1 Å². The molecule has 1 atom stereocenters. The second-order valence-corrected chi connectivity index (χ2v) is 3.84. The van der Waals surface area contributed by atoms with Crippen LogP contribution in [0.25, 0.3) is 0 Å². The van der Waals surface area contributed by atoms with E-state index in [1.807, 2.05) is 6.92 Å². The summed E-state index contributed by atoms with van der Waals surface area (Å²) in [5.74, 6) is -0.681. The van der Waals surface area contributed by atoms with Crippen molar-refractivity contribution < 1.29 is 13.9 Å². The largest absolute Gasteiger partial charge is 0.481 e. The van der Waals surface area contributed by atoms with Crippen molar-refractivity contribution in [2.75, 3.05) is 13.2 Å². The third-order valence-corrected chi connectivity index (χ3v) is 2.12. The lowest BCUT2D eigenvalue weighted by Crippen LogP contribution is -2.32. The molecule has 0 heterocycles. The first-order valence-electron chi connectivity index (χ1n) is 5.49. The minimum atomic E-state index is -0.476. The molecule has 94 valence electrons. The zero-order valence-corrected chi connectivity index (χ0v) is 9.78. The van der Waals surface area contributed by atoms with E-state index in [0.29, 0.717) is 13.0 Å². The van der Waals surface area contributed by atoms with Gasteiger partial charge in [0.25, 0.3) is 5.91 Å². The summed E-state index contributed by atoms with van der Waals surface area (Å²) < 4.78 is 18.2. The maximum atomic E-state index is 13.1. The Morgan fingerprint density at radius 1 is 1.53 bits per heavy atom. The molecule has 0 saturated carbocycles. The van der Waals surface area contributed by atoms with Crippen LogP contribution in [-0.2, 0) is 4.79 Å². The van der Waals surface area contributed by atoms with Gasteiger partial charge < -0.3 is 15.8 Å². The summed E-state index contributed by atoms with van der Waals surface area (Å²) >= 11 is 0. The van der Waals surface area contributed by atoms with Gasteiger partial charge in [0.2, 0.25) is 0 Å². The monoisotopic (exact) mass is 240 g/mol. The van der Waals surface area contributed by atoms with Gasteiger partial charge in [-0.05, 0) is 25.5 Å². The van der Waals surface area contributed by atoms with Crippen LogP contribution in [0, 0.1) is 5.82 Å². The maximum Gasteiger partial charge on any atom is 0.257 e. The SMILES string of the molecule is CC(N)CCNC(=O)COc1ccccc1F. The van der Waals surface area contributed by atoms with Crippen molar-refractivity contribution in [1.29, 1.82) is 0 Å². The topological polar surface area (TPSA) is 64.3 Å². The smallest absolute Gasteiger partial charge is 0.257 e. The predicted octanol–water partition coefficient (Wildman–Crippen LogP) is 1.06. The molecule has 0 bridgehead atoms. The van der Waals surface area contributed by atoms with Crippen LogP contribution in [0.15, 0.2) is 24.3 Å². The quantitative estimate of drug-likeness (QED) is 0.781. The predicted molar refractivity (Wildman–Crippen MR) is 63.2 cm³/mol. The molecule has 0 aliphatic carbocycles. The minimum Gasteiger partial charge on any atom is -0.481 e. The molecule has 17 heavy (non-hydrogen) atoms. The van der Waals surface area contributed by atoms with Crippen molar-refractivity contribution in [3.8, 4) is 5.75 Å². The van der Waals surface area contributed by atoms with Crippen LogP contribution in [-0.4, -0.2) is 25.1 Å². The molecule has 0 aromatic heterocycles. The molecular weight excluding hydrogens is 223 g/mol. The Balaban J connectivity index is 2.26. The number of halogens is 1. The lowest BCUT2D eigenvalue weighted by atomic mass is 10.2. The maximum absolute atomic E-state index is 13.1. The second kappa shape index (κ2) is 6.85. The molecule has 0 aliphatic heterocycles. The summed E-state index contributed by atoms with van der Waals surface area (Å²) in [6.45, 7) is 2.17. The minimum absolute atomic E-state index is 0.0442. The first-order valence-corrected chi connectivity index (χ1v) is 5.49. The Bertz CT molecular complexity index is 369. The first kappa shape index (κ1) is 13.4. The number of amides is 1. The number of nitrogens with two attached hydrogens (primary N) is 1. The third-order valence-electron chi connectivity index (χ3n) is 2.12. The molecule has 0 spiro atoms. The van der Waals surface area contributed by atoms with E-state index in [4.69, 9.17) is 10.5 Å². The average Bonchev–Trinajstić information content (AvgIpc) is 2.27. The molecule has 1 aromatic rings. The summed E-state index contributed by atoms with van der Waals surface area (Å²) in [6.07, 6.45) is 0.700. The van der Waals surface area contributed by atoms with Gasteiger partial charge in [-0.25, -0.2) is 4.39 Å². The molecule has 3 N–H and O–H groups in total. The van der Waals surface area contributed by atoms with Crippen LogP contribution in [0.5, 0.6) is 5.75 Å². The van der Waals surface area contributed by atoms with Crippen LogP contribution in [0.3, 0.4) is 0 Å². The molecule has 1 unspecified atom stereocenters. The molecule has 0 aliphatic rings. The number of ether oxygens (including phenoxy) is 1. The number of rotatable bonds is 6. The fourth-order valence-corrected chi connectivity index (χ4v) is 1.20. The molecule has 0 fully saturated rings. The van der Waals surface area contributed by atoms with E-state index in [-0.39, 0.29) is 24.3 Å². The average molecular weight is 240 g/mol. The lowest BCUT2D eigenvalue weighted by molar-refractivity contribution is -0.123. The third kappa shape index (κ3) is 5.31. The van der Waals surface area contributed by atoms with Gasteiger partial charge in [0.1, 0.15) is 0 Å². The number of hydrogen-bond acceptors (Lipinski definition) is 3. The molecule has 0 saturated heterocycles. The van der Waals surface area contributed by atoms with Gasteiger partial charge in [-0.2, -0.15) is 0 Å². The highest BCUT2D eigenvalue weighted by Gasteiger charge is 2.05. The van der Waals surface area contributed by atoms with Crippen LogP contribution < -0.4 is 15.8 Å². The van der Waals surface area contributed by atoms with E-state index >= 15 is 0 Å². The Kier molecular flexibility index (Phi) is 5.42. The fraction of sp³-hybridized carbons (Fsp3) is 0.417. The number of para-hydroxylation sites is 1. The first-order chi connectivity index (χ1) is 8.09. The van der Waals surface area contributed by atoms with Crippen LogP contribution in [0.4, 0.5) is 4.39 Å². The van der Waals surface area contributed by atoms with Crippen molar-refractivity contribution >= 4 is 5.91 Å². The number of carbonyl (C=O) groups excluding carboxylic acids is 1. The number of nitrogens with one attached hydrogen (secondary N) is 1. The van der Waals surface area contributed by atoms with Crippen molar-refractivity contribution in [1.82, 2.24) is 5.32 Å². The Morgan fingerprint density at radius 3 is 2.88 bits per heavy atom. The Hall–Kier alpha value is -1.62. The van der Waals surface area contributed by atoms with Gasteiger partial charge in [-0.3, -0.25) is 4.79 Å². The standard InChI is InChI=1S/C12H17FN2O2/c1-9(14)6-7-15-12(16)8-17-11-5-3-2-4-10(11)13/h2-5,9H,6-8,14H2,1H3,(H,15,16). The Morgan fingerprint density at radius 2 is 2.24 bits per heavy atom. The highest BCUT2D eigenvalue weighted by Crippen LogP contribution is 2.14. The molecule has 1 amide bonds. The molecule has 0 radical (unpaired) electrons. The number of hydrogen-bond donors (Lipinski definition) is 2. The van der Waals surface area contributed by atoms with Gasteiger partial charge in [-0.1, -0.05) is 12.1 Å². The molecule has 4 nitrogen and oxygen atoms in total. The number of benzene rings is 1. The lowest BCUT2D eigenvalue weighted by Gasteiger charge is -2.09. The molecule has 5 heteroatoms. The van der Waals surface area contributed by atoms with Crippen LogP contribution >= 0.6 is 0 Å². The zero-order chi connectivity index (χ0) is 12.7. The second-order valence-electron chi connectivity index (χ2n) is 3.84. The van der Waals surface area contributed by atoms with Crippen molar-refractivity contribution in [3.05, 3.63) is 30.1 Å². The van der Waals surface area contributed by atoms with Crippen molar-refractivity contribution in [2.45, 2.75) is 19.4 Å². The molecule has 1 rings (SSSR count). The van der Waals surface area contributed by atoms with Gasteiger partial charge in [0.05, 0.1) is 0 Å². The molecular formula is C12H17FN2O2. The summed E-state index contributed by atoms with van der Waals surface area (Å²) in [4.78, 5) is 11.3. The van der Waals surface area contributed by atoms with Gasteiger partial charge in [0.15, 0.2) is 18.2 Å². The fourth-order valence-electron chi connectivity index (χ4n) is 1.20. The van der Waals surface area contributed by atoms with Crippen molar-refractivity contribution in [2.24, 2.45) is 5.73 Å². The highest BCUT2D eigenvalue weighted by molar-refractivity contribution is 5.77. The van der Waals surface area contributed by atoms with Gasteiger partial charge in [0, 0.05) is 12.6 Å². The molecule has 1 aromatic carbocycles. The summed E-state index contributed by atoms with van der Waals surface area (Å²) in [5.41, 5.74) is 5.53. The highest BCUT2D eigenvalue weighted by atomic mass is 19.1. The van der Waals surface area contributed by atoms with E-state index in [2.05, 4.69) is 5.32 Å². The summed E-state index contributed by atoms with van der Waals surface area (Å²) in [5, 5.41) is 2.64. The van der Waals surface area contributed by atoms with E-state index in [9.17, 15) is 9.18 Å². The number of carbonyl (C=O) groups is 1. The Labute approximate surface area is 100.0 Å². The van der Waals surface area contributed by atoms with E-state index in [1.54, 1.807) is 12.1 Å². The summed E-state index contributed by atoms with van der Waals surface area (Å²) in [6, 6.07) is 6.01. The van der Waals surface area contributed by atoms with Crippen molar-refractivity contribution in [3.63, 3.8) is 0 Å². The normalized spacial score (nSPS) is 11.9. The van der Waals surface area contributed by atoms with Gasteiger partial charge >= 0.3 is 0 Å². The zero-order valence-electron chi connectivity index (χ0n) is 9.78. The van der Waals surface area contributed by atoms with E-state index in [0.717, 1.165) is 0 Å². The van der Waals surface area contributed by atoms with Crippen LogP contribution in [0.1, 0.15) is 13.3 Å². The van der Waals surface area contributed by atoms with E-state index < -0.39 is 5.82 Å².